The molecule has 1 aliphatic heterocycles. The molecule has 2 rings (SSSR count). The topological polar surface area (TPSA) is 92.5 Å². The zero-order valence-corrected chi connectivity index (χ0v) is 14.1. The van der Waals surface area contributed by atoms with Crippen LogP contribution >= 0.6 is 11.8 Å². The molecule has 0 unspecified atom stereocenters. The van der Waals surface area contributed by atoms with E-state index in [-0.39, 0.29) is 29.4 Å². The molecule has 1 fully saturated rings. The molecule has 3 N–H and O–H groups in total. The molecule has 0 aromatic heterocycles. The van der Waals surface area contributed by atoms with Crippen LogP contribution in [0.1, 0.15) is 25.8 Å². The van der Waals surface area contributed by atoms with Crippen molar-refractivity contribution in [3.8, 4) is 0 Å². The molecule has 0 saturated carbocycles. The Kier molecular flexibility index (Phi) is 5.79. The van der Waals surface area contributed by atoms with E-state index >= 15 is 0 Å². The highest BCUT2D eigenvalue weighted by Crippen LogP contribution is 2.22. The average molecular weight is 335 g/mol. The molecule has 3 amide bonds. The number of rotatable bonds is 6. The Morgan fingerprint density at radius 2 is 1.96 bits per heavy atom. The van der Waals surface area contributed by atoms with Crippen LogP contribution in [0.5, 0.6) is 0 Å². The van der Waals surface area contributed by atoms with Crippen molar-refractivity contribution in [2.24, 2.45) is 11.7 Å². The summed E-state index contributed by atoms with van der Waals surface area (Å²) in [5, 5.41) is 2.55. The molecule has 1 aliphatic rings. The van der Waals surface area contributed by atoms with Gasteiger partial charge < -0.3 is 11.1 Å². The van der Waals surface area contributed by atoms with Gasteiger partial charge in [0.25, 0.3) is 5.24 Å². The maximum absolute atomic E-state index is 12.0. The third-order valence-electron chi connectivity index (χ3n) is 3.46. The Bertz CT molecular complexity index is 585. The minimum atomic E-state index is -0.536. The van der Waals surface area contributed by atoms with Gasteiger partial charge in [-0.25, -0.2) is 0 Å². The summed E-state index contributed by atoms with van der Waals surface area (Å²) in [5.41, 5.74) is 7.32. The summed E-state index contributed by atoms with van der Waals surface area (Å²) in [6.07, 6.45) is 0.626. The van der Waals surface area contributed by atoms with Gasteiger partial charge in [-0.2, -0.15) is 0 Å². The Balaban J connectivity index is 1.93. The number of benzene rings is 1. The number of thioether (sulfide) groups is 1. The van der Waals surface area contributed by atoms with Crippen molar-refractivity contribution in [3.63, 3.8) is 0 Å². The Morgan fingerprint density at radius 1 is 1.30 bits per heavy atom. The van der Waals surface area contributed by atoms with Crippen LogP contribution in [0, 0.1) is 5.92 Å². The van der Waals surface area contributed by atoms with Crippen LogP contribution in [0.15, 0.2) is 24.3 Å². The zero-order valence-electron chi connectivity index (χ0n) is 13.2. The molecule has 1 atom stereocenters. The number of carbonyl (C=O) groups excluding carboxylic acids is 3. The van der Waals surface area contributed by atoms with Crippen molar-refractivity contribution in [1.29, 1.82) is 0 Å². The van der Waals surface area contributed by atoms with Gasteiger partial charge in [0.05, 0.1) is 18.3 Å². The smallest absolute Gasteiger partial charge is 0.289 e. The predicted octanol–water partition coefficient (Wildman–Crippen LogP) is 2.19. The van der Waals surface area contributed by atoms with E-state index in [9.17, 15) is 14.4 Å². The lowest BCUT2D eigenvalue weighted by atomic mass is 10.0. The Labute approximate surface area is 139 Å². The van der Waals surface area contributed by atoms with Gasteiger partial charge in [0, 0.05) is 5.69 Å². The molecule has 1 aromatic rings. The third-order valence-corrected chi connectivity index (χ3v) is 4.32. The molecule has 0 aliphatic carbocycles. The van der Waals surface area contributed by atoms with Gasteiger partial charge in [-0.05, 0) is 30.0 Å². The number of carbonyl (C=O) groups is 3. The summed E-state index contributed by atoms with van der Waals surface area (Å²) < 4.78 is 0. The molecule has 124 valence electrons. The number of amides is 3. The predicted molar refractivity (Wildman–Crippen MR) is 90.9 cm³/mol. The SMILES string of the molecule is CC(C)C[C@H](N)C(=O)Nc1ccc(CN2C(=O)CSC2=O)cc1. The van der Waals surface area contributed by atoms with E-state index in [2.05, 4.69) is 5.32 Å². The number of anilines is 1. The second-order valence-electron chi connectivity index (χ2n) is 5.96. The van der Waals surface area contributed by atoms with Crippen molar-refractivity contribution in [1.82, 2.24) is 4.90 Å². The highest BCUT2D eigenvalue weighted by atomic mass is 32.2. The number of nitrogens with one attached hydrogen (secondary N) is 1. The number of nitrogens with zero attached hydrogens (tertiary/aromatic N) is 1. The van der Waals surface area contributed by atoms with Crippen LogP contribution in [0.2, 0.25) is 0 Å². The quantitative estimate of drug-likeness (QED) is 0.831. The molecule has 1 heterocycles. The zero-order chi connectivity index (χ0) is 17.0. The first-order chi connectivity index (χ1) is 10.9. The number of hydrogen-bond acceptors (Lipinski definition) is 5. The molecular weight excluding hydrogens is 314 g/mol. The van der Waals surface area contributed by atoms with E-state index in [0.29, 0.717) is 18.0 Å². The van der Waals surface area contributed by atoms with E-state index in [1.54, 1.807) is 24.3 Å². The number of imide groups is 1. The number of hydrogen-bond donors (Lipinski definition) is 2. The summed E-state index contributed by atoms with van der Waals surface area (Å²) in [5.74, 6) is 0.178. The maximum atomic E-state index is 12.0. The number of nitrogens with two attached hydrogens (primary N) is 1. The molecule has 1 aromatic carbocycles. The van der Waals surface area contributed by atoms with Gasteiger partial charge in [-0.1, -0.05) is 37.7 Å². The Morgan fingerprint density at radius 3 is 2.48 bits per heavy atom. The van der Waals surface area contributed by atoms with Crippen molar-refractivity contribution in [3.05, 3.63) is 29.8 Å². The van der Waals surface area contributed by atoms with E-state index in [1.165, 1.54) is 4.90 Å². The maximum Gasteiger partial charge on any atom is 0.289 e. The lowest BCUT2D eigenvalue weighted by Crippen LogP contribution is -2.36. The molecule has 1 saturated heterocycles. The molecule has 0 spiro atoms. The summed E-state index contributed by atoms with van der Waals surface area (Å²) >= 11 is 1.02. The van der Waals surface area contributed by atoms with Gasteiger partial charge in [0.1, 0.15) is 0 Å². The second-order valence-corrected chi connectivity index (χ2v) is 6.88. The van der Waals surface area contributed by atoms with Gasteiger partial charge in [0.2, 0.25) is 11.8 Å². The summed E-state index contributed by atoms with van der Waals surface area (Å²) in [7, 11) is 0. The van der Waals surface area contributed by atoms with E-state index < -0.39 is 6.04 Å². The molecule has 6 nitrogen and oxygen atoms in total. The molecule has 7 heteroatoms. The highest BCUT2D eigenvalue weighted by Gasteiger charge is 2.29. The van der Waals surface area contributed by atoms with Crippen molar-refractivity contribution in [2.45, 2.75) is 32.9 Å². The average Bonchev–Trinajstić information content (AvgIpc) is 2.80. The first kappa shape index (κ1) is 17.5. The fourth-order valence-corrected chi connectivity index (χ4v) is 2.98. The molecular formula is C16H21N3O3S. The van der Waals surface area contributed by atoms with Crippen molar-refractivity contribution >= 4 is 34.5 Å². The van der Waals surface area contributed by atoms with Crippen LogP contribution in [-0.4, -0.2) is 33.7 Å². The Hall–Kier alpha value is -1.86. The highest BCUT2D eigenvalue weighted by molar-refractivity contribution is 8.14. The third kappa shape index (κ3) is 4.80. The lowest BCUT2D eigenvalue weighted by Gasteiger charge is -2.15. The first-order valence-electron chi connectivity index (χ1n) is 7.49. The van der Waals surface area contributed by atoms with E-state index in [4.69, 9.17) is 5.73 Å². The largest absolute Gasteiger partial charge is 0.325 e. The summed E-state index contributed by atoms with van der Waals surface area (Å²) in [6.45, 7) is 4.29. The van der Waals surface area contributed by atoms with Gasteiger partial charge in [-0.15, -0.1) is 0 Å². The van der Waals surface area contributed by atoms with Crippen LogP contribution in [0.3, 0.4) is 0 Å². The fraction of sp³-hybridized carbons (Fsp3) is 0.438. The van der Waals surface area contributed by atoms with Crippen LogP contribution in [0.25, 0.3) is 0 Å². The fourth-order valence-electron chi connectivity index (χ4n) is 2.26. The standard InChI is InChI=1S/C16H21N3O3S/c1-10(2)7-13(17)15(21)18-12-5-3-11(4-6-12)8-19-14(20)9-23-16(19)22/h3-6,10,13H,7-9,17H2,1-2H3,(H,18,21)/t13-/m0/s1. The summed E-state index contributed by atoms with van der Waals surface area (Å²) in [4.78, 5) is 36.3. The minimum absolute atomic E-state index is 0.169. The van der Waals surface area contributed by atoms with Crippen LogP contribution < -0.4 is 11.1 Å². The monoisotopic (exact) mass is 335 g/mol. The van der Waals surface area contributed by atoms with Crippen molar-refractivity contribution in [2.75, 3.05) is 11.1 Å². The van der Waals surface area contributed by atoms with Crippen LogP contribution in [0.4, 0.5) is 10.5 Å². The van der Waals surface area contributed by atoms with Crippen molar-refractivity contribution < 1.29 is 14.4 Å². The van der Waals surface area contributed by atoms with Gasteiger partial charge in [0.15, 0.2) is 0 Å². The molecule has 23 heavy (non-hydrogen) atoms. The van der Waals surface area contributed by atoms with Gasteiger partial charge >= 0.3 is 0 Å². The summed E-state index contributed by atoms with van der Waals surface area (Å²) in [6, 6.07) is 6.52. The van der Waals surface area contributed by atoms with Crippen LogP contribution in [-0.2, 0) is 16.1 Å². The lowest BCUT2D eigenvalue weighted by molar-refractivity contribution is -0.125. The normalized spacial score (nSPS) is 16.1. The van der Waals surface area contributed by atoms with E-state index in [1.807, 2.05) is 13.8 Å². The first-order valence-corrected chi connectivity index (χ1v) is 8.48. The molecule has 0 bridgehead atoms. The minimum Gasteiger partial charge on any atom is -0.325 e. The second kappa shape index (κ2) is 7.61. The van der Waals surface area contributed by atoms with Gasteiger partial charge in [-0.3, -0.25) is 19.3 Å². The van der Waals surface area contributed by atoms with E-state index in [0.717, 1.165) is 17.3 Å². The molecule has 0 radical (unpaired) electrons.